The molecule has 1 aromatic rings. The number of nitrogens with one attached hydrogen (secondary N) is 1. The Bertz CT molecular complexity index is 549. The lowest BCUT2D eigenvalue weighted by Crippen LogP contribution is -2.47. The number of pyridine rings is 1. The summed E-state index contributed by atoms with van der Waals surface area (Å²) in [6, 6.07) is 2.62. The quantitative estimate of drug-likeness (QED) is 0.881. The van der Waals surface area contributed by atoms with Gasteiger partial charge in [0.05, 0.1) is 4.90 Å². The van der Waals surface area contributed by atoms with Crippen LogP contribution in [0.3, 0.4) is 0 Å². The van der Waals surface area contributed by atoms with Crippen molar-refractivity contribution in [3.8, 4) is 0 Å². The van der Waals surface area contributed by atoms with Crippen molar-refractivity contribution in [3.05, 3.63) is 28.7 Å². The monoisotopic (exact) mass is 270 g/mol. The SMILES string of the molecule is C[C@@H]1CCC[C@H](C)N1S(=O)(=O)c1ccc(=O)[nH]c1. The van der Waals surface area contributed by atoms with Crippen molar-refractivity contribution in [2.24, 2.45) is 0 Å². The molecule has 1 N–H and O–H groups in total. The maximum Gasteiger partial charge on any atom is 0.247 e. The van der Waals surface area contributed by atoms with Crippen molar-refractivity contribution >= 4 is 10.0 Å². The minimum atomic E-state index is -3.51. The van der Waals surface area contributed by atoms with Crippen molar-refractivity contribution in [2.75, 3.05) is 0 Å². The van der Waals surface area contributed by atoms with Gasteiger partial charge in [-0.05, 0) is 32.8 Å². The molecule has 0 unspecified atom stereocenters. The van der Waals surface area contributed by atoms with E-state index in [1.165, 1.54) is 18.3 Å². The normalized spacial score (nSPS) is 26.1. The van der Waals surface area contributed by atoms with Crippen LogP contribution in [0.5, 0.6) is 0 Å². The molecule has 0 radical (unpaired) electrons. The molecule has 0 bridgehead atoms. The van der Waals surface area contributed by atoms with E-state index in [1.54, 1.807) is 4.31 Å². The van der Waals surface area contributed by atoms with E-state index in [2.05, 4.69) is 4.98 Å². The van der Waals surface area contributed by atoms with Crippen LogP contribution in [0.1, 0.15) is 33.1 Å². The summed E-state index contributed by atoms with van der Waals surface area (Å²) in [6.07, 6.45) is 4.09. The minimum Gasteiger partial charge on any atom is -0.328 e. The Morgan fingerprint density at radius 3 is 2.33 bits per heavy atom. The van der Waals surface area contributed by atoms with Gasteiger partial charge in [0.2, 0.25) is 15.6 Å². The van der Waals surface area contributed by atoms with Crippen LogP contribution in [-0.4, -0.2) is 29.8 Å². The zero-order chi connectivity index (χ0) is 13.3. The van der Waals surface area contributed by atoms with Crippen molar-refractivity contribution in [1.29, 1.82) is 0 Å². The lowest BCUT2D eigenvalue weighted by atomic mass is 10.0. The molecule has 100 valence electrons. The fourth-order valence-electron chi connectivity index (χ4n) is 2.55. The molecule has 1 aliphatic heterocycles. The highest BCUT2D eigenvalue weighted by Crippen LogP contribution is 2.28. The topological polar surface area (TPSA) is 70.2 Å². The van der Waals surface area contributed by atoms with Gasteiger partial charge in [-0.1, -0.05) is 6.42 Å². The first-order valence-electron chi connectivity index (χ1n) is 6.15. The number of hydrogen-bond acceptors (Lipinski definition) is 3. The molecule has 0 aromatic carbocycles. The van der Waals surface area contributed by atoms with E-state index >= 15 is 0 Å². The van der Waals surface area contributed by atoms with Gasteiger partial charge in [-0.3, -0.25) is 4.79 Å². The van der Waals surface area contributed by atoms with Gasteiger partial charge in [0.15, 0.2) is 0 Å². The third-order valence-electron chi connectivity index (χ3n) is 3.44. The van der Waals surface area contributed by atoms with Crippen LogP contribution in [0, 0.1) is 0 Å². The number of aromatic nitrogens is 1. The summed E-state index contributed by atoms with van der Waals surface area (Å²) in [5, 5.41) is 0. The van der Waals surface area contributed by atoms with Crippen molar-refractivity contribution in [3.63, 3.8) is 0 Å². The Morgan fingerprint density at radius 1 is 1.22 bits per heavy atom. The Labute approximate surface area is 107 Å². The standard InChI is InChI=1S/C12H18N2O3S/c1-9-4-3-5-10(2)14(9)18(16,17)11-6-7-12(15)13-8-11/h6-10H,3-5H2,1-2H3,(H,13,15)/t9-,10+. The predicted octanol–water partition coefficient (Wildman–Crippen LogP) is 1.33. The molecular formula is C12H18N2O3S. The second kappa shape index (κ2) is 4.85. The van der Waals surface area contributed by atoms with E-state index < -0.39 is 10.0 Å². The molecule has 2 heterocycles. The van der Waals surface area contributed by atoms with Crippen LogP contribution in [0.15, 0.2) is 28.0 Å². The lowest BCUT2D eigenvalue weighted by molar-refractivity contribution is 0.204. The highest BCUT2D eigenvalue weighted by molar-refractivity contribution is 7.89. The Morgan fingerprint density at radius 2 is 1.83 bits per heavy atom. The van der Waals surface area contributed by atoms with Gasteiger partial charge in [0, 0.05) is 24.3 Å². The van der Waals surface area contributed by atoms with Crippen LogP contribution in [0.25, 0.3) is 0 Å². The number of hydrogen-bond donors (Lipinski definition) is 1. The summed E-state index contributed by atoms with van der Waals surface area (Å²) in [4.78, 5) is 13.6. The van der Waals surface area contributed by atoms with Crippen LogP contribution < -0.4 is 5.56 Å². The smallest absolute Gasteiger partial charge is 0.247 e. The molecule has 5 nitrogen and oxygen atoms in total. The molecule has 1 saturated heterocycles. The van der Waals surface area contributed by atoms with E-state index in [4.69, 9.17) is 0 Å². The highest BCUT2D eigenvalue weighted by Gasteiger charge is 2.35. The lowest BCUT2D eigenvalue weighted by Gasteiger charge is -2.37. The van der Waals surface area contributed by atoms with E-state index in [9.17, 15) is 13.2 Å². The largest absolute Gasteiger partial charge is 0.328 e. The first-order valence-corrected chi connectivity index (χ1v) is 7.59. The van der Waals surface area contributed by atoms with E-state index in [0.717, 1.165) is 19.3 Å². The third-order valence-corrected chi connectivity index (χ3v) is 5.57. The summed E-state index contributed by atoms with van der Waals surface area (Å²) < 4.78 is 26.6. The molecule has 1 aliphatic rings. The molecular weight excluding hydrogens is 252 g/mol. The zero-order valence-electron chi connectivity index (χ0n) is 10.6. The fourth-order valence-corrected chi connectivity index (χ4v) is 4.40. The number of H-pyrrole nitrogens is 1. The number of rotatable bonds is 2. The first kappa shape index (κ1) is 13.3. The molecule has 0 saturated carbocycles. The number of nitrogens with zero attached hydrogens (tertiary/aromatic N) is 1. The fraction of sp³-hybridized carbons (Fsp3) is 0.583. The van der Waals surface area contributed by atoms with Gasteiger partial charge in [0.1, 0.15) is 0 Å². The van der Waals surface area contributed by atoms with Gasteiger partial charge in [-0.25, -0.2) is 8.42 Å². The van der Waals surface area contributed by atoms with Crippen molar-refractivity contribution < 1.29 is 8.42 Å². The number of sulfonamides is 1. The molecule has 18 heavy (non-hydrogen) atoms. The Hall–Kier alpha value is -1.14. The van der Waals surface area contributed by atoms with Gasteiger partial charge in [0.25, 0.3) is 0 Å². The molecule has 6 heteroatoms. The molecule has 0 amide bonds. The average molecular weight is 270 g/mol. The summed E-state index contributed by atoms with van der Waals surface area (Å²) in [5.41, 5.74) is -0.298. The zero-order valence-corrected chi connectivity index (χ0v) is 11.4. The van der Waals surface area contributed by atoms with Crippen LogP contribution >= 0.6 is 0 Å². The number of aromatic amines is 1. The Kier molecular flexibility index (Phi) is 3.59. The maximum absolute atomic E-state index is 12.5. The summed E-state index contributed by atoms with van der Waals surface area (Å²) in [7, 11) is -3.51. The van der Waals surface area contributed by atoms with Gasteiger partial charge in [-0.2, -0.15) is 4.31 Å². The van der Waals surface area contributed by atoms with Gasteiger partial charge in [-0.15, -0.1) is 0 Å². The van der Waals surface area contributed by atoms with Crippen LogP contribution in [0.4, 0.5) is 0 Å². The predicted molar refractivity (Wildman–Crippen MR) is 68.9 cm³/mol. The third kappa shape index (κ3) is 2.35. The summed E-state index contributed by atoms with van der Waals surface area (Å²) in [6.45, 7) is 3.86. The van der Waals surface area contributed by atoms with Crippen LogP contribution in [0.2, 0.25) is 0 Å². The number of piperidine rings is 1. The van der Waals surface area contributed by atoms with Crippen molar-refractivity contribution in [1.82, 2.24) is 9.29 Å². The molecule has 2 atom stereocenters. The van der Waals surface area contributed by atoms with E-state index in [-0.39, 0.29) is 22.5 Å². The maximum atomic E-state index is 12.5. The minimum absolute atomic E-state index is 0.00526. The van der Waals surface area contributed by atoms with Crippen molar-refractivity contribution in [2.45, 2.75) is 50.1 Å². The molecule has 0 spiro atoms. The molecule has 0 aliphatic carbocycles. The second-order valence-corrected chi connectivity index (χ2v) is 6.70. The van der Waals surface area contributed by atoms with E-state index in [0.29, 0.717) is 0 Å². The Balaban J connectivity index is 2.41. The first-order chi connectivity index (χ1) is 8.43. The average Bonchev–Trinajstić information content (AvgIpc) is 2.29. The summed E-state index contributed by atoms with van der Waals surface area (Å²) >= 11 is 0. The summed E-state index contributed by atoms with van der Waals surface area (Å²) in [5.74, 6) is 0. The molecule has 1 aromatic heterocycles. The van der Waals surface area contributed by atoms with Crippen LogP contribution in [-0.2, 0) is 10.0 Å². The van der Waals surface area contributed by atoms with Gasteiger partial charge < -0.3 is 4.98 Å². The second-order valence-electron chi connectivity index (χ2n) is 4.85. The molecule has 1 fully saturated rings. The highest BCUT2D eigenvalue weighted by atomic mass is 32.2. The molecule has 2 rings (SSSR count). The van der Waals surface area contributed by atoms with Gasteiger partial charge >= 0.3 is 0 Å². The van der Waals surface area contributed by atoms with E-state index in [1.807, 2.05) is 13.8 Å².